The molecule has 7 heteroatoms. The third kappa shape index (κ3) is 2.02. The number of pyridine rings is 1. The molecule has 90 valence electrons. The Labute approximate surface area is 99.7 Å². The van der Waals surface area contributed by atoms with Crippen LogP contribution in [0, 0.1) is 0 Å². The third-order valence-corrected chi connectivity index (χ3v) is 2.52. The molecule has 17 heavy (non-hydrogen) atoms. The molecule has 0 saturated carbocycles. The summed E-state index contributed by atoms with van der Waals surface area (Å²) in [6, 6.07) is 4.61. The zero-order valence-electron chi connectivity index (χ0n) is 8.40. The minimum atomic E-state index is -4.92. The molecule has 0 aromatic carbocycles. The normalized spacial score (nSPS) is 12.0. The first-order valence-corrected chi connectivity index (χ1v) is 5.26. The van der Waals surface area contributed by atoms with E-state index in [1.54, 1.807) is 18.3 Å². The molecular formula is C10H7F3N2OS. The van der Waals surface area contributed by atoms with Crippen molar-refractivity contribution in [2.24, 2.45) is 0 Å². The van der Waals surface area contributed by atoms with Gasteiger partial charge in [-0.1, -0.05) is 6.07 Å². The van der Waals surface area contributed by atoms with Gasteiger partial charge in [-0.25, -0.2) is 4.98 Å². The van der Waals surface area contributed by atoms with E-state index in [1.807, 2.05) is 0 Å². The van der Waals surface area contributed by atoms with Crippen molar-refractivity contribution in [2.45, 2.75) is 11.9 Å². The molecule has 0 bridgehead atoms. The van der Waals surface area contributed by atoms with Crippen molar-refractivity contribution in [3.8, 4) is 0 Å². The van der Waals surface area contributed by atoms with Crippen molar-refractivity contribution in [3.05, 3.63) is 35.9 Å². The molecule has 2 aromatic rings. The number of ketones is 1. The average Bonchev–Trinajstić information content (AvgIpc) is 2.65. The molecule has 0 N–H and O–H groups in total. The molecule has 2 aromatic heterocycles. The lowest BCUT2D eigenvalue weighted by Gasteiger charge is -2.02. The van der Waals surface area contributed by atoms with Gasteiger partial charge in [0.2, 0.25) is 0 Å². The number of alkyl halides is 3. The lowest BCUT2D eigenvalue weighted by Crippen LogP contribution is -2.23. The number of imidazole rings is 1. The summed E-state index contributed by atoms with van der Waals surface area (Å²) < 4.78 is 38.5. The Kier molecular flexibility index (Phi) is 2.86. The van der Waals surface area contributed by atoms with Crippen LogP contribution >= 0.6 is 12.6 Å². The standard InChI is InChI=1S/C10H7F3N2OS/c11-10(12,13)9(16)8-6-3-1-2-4-15(6)7(5-17)14-8/h1-4,17H,5H2. The highest BCUT2D eigenvalue weighted by Crippen LogP contribution is 2.24. The number of nitrogens with zero attached hydrogens (tertiary/aromatic N) is 2. The maximum atomic E-state index is 12.4. The molecule has 0 atom stereocenters. The zero-order valence-corrected chi connectivity index (χ0v) is 9.29. The van der Waals surface area contributed by atoms with E-state index in [2.05, 4.69) is 17.6 Å². The molecule has 0 aliphatic carbocycles. The Morgan fingerprint density at radius 3 is 2.71 bits per heavy atom. The van der Waals surface area contributed by atoms with Crippen molar-refractivity contribution in [2.75, 3.05) is 0 Å². The molecule has 3 nitrogen and oxygen atoms in total. The van der Waals surface area contributed by atoms with Crippen LogP contribution in [0.25, 0.3) is 5.52 Å². The molecule has 0 amide bonds. The largest absolute Gasteiger partial charge is 0.456 e. The summed E-state index contributed by atoms with van der Waals surface area (Å²) in [5.41, 5.74) is -0.443. The van der Waals surface area contributed by atoms with Crippen LogP contribution in [0.4, 0.5) is 13.2 Å². The monoisotopic (exact) mass is 260 g/mol. The number of fused-ring (bicyclic) bond motifs is 1. The molecule has 2 heterocycles. The van der Waals surface area contributed by atoms with E-state index in [0.29, 0.717) is 5.82 Å². The van der Waals surface area contributed by atoms with Crippen molar-refractivity contribution in [3.63, 3.8) is 0 Å². The van der Waals surface area contributed by atoms with Gasteiger partial charge in [0.1, 0.15) is 11.5 Å². The third-order valence-electron chi connectivity index (χ3n) is 2.24. The minimum absolute atomic E-state index is 0.138. The summed E-state index contributed by atoms with van der Waals surface area (Å²) >= 11 is 3.96. The van der Waals surface area contributed by atoms with Gasteiger partial charge in [-0.05, 0) is 12.1 Å². The Morgan fingerprint density at radius 1 is 1.41 bits per heavy atom. The second kappa shape index (κ2) is 4.06. The van der Waals surface area contributed by atoms with Crippen LogP contribution in [0.3, 0.4) is 0 Å². The SMILES string of the molecule is O=C(c1nc(CS)n2ccccc12)C(F)(F)F. The van der Waals surface area contributed by atoms with Gasteiger partial charge >= 0.3 is 6.18 Å². The van der Waals surface area contributed by atoms with Crippen molar-refractivity contribution >= 4 is 23.9 Å². The van der Waals surface area contributed by atoms with Crippen LogP contribution in [0.1, 0.15) is 16.3 Å². The van der Waals surface area contributed by atoms with E-state index in [4.69, 9.17) is 0 Å². The first-order valence-electron chi connectivity index (χ1n) is 4.63. The minimum Gasteiger partial charge on any atom is -0.302 e. The molecular weight excluding hydrogens is 253 g/mol. The molecule has 0 fully saturated rings. The van der Waals surface area contributed by atoms with Crippen molar-refractivity contribution < 1.29 is 18.0 Å². The van der Waals surface area contributed by atoms with Crippen LogP contribution in [0.5, 0.6) is 0 Å². The smallest absolute Gasteiger partial charge is 0.302 e. The predicted molar refractivity (Wildman–Crippen MR) is 58.3 cm³/mol. The molecule has 0 aliphatic heterocycles. The maximum absolute atomic E-state index is 12.4. The Bertz CT molecular complexity index is 576. The van der Waals surface area contributed by atoms with Gasteiger partial charge in [0.05, 0.1) is 5.52 Å². The van der Waals surface area contributed by atoms with E-state index >= 15 is 0 Å². The van der Waals surface area contributed by atoms with E-state index in [-0.39, 0.29) is 11.3 Å². The average molecular weight is 260 g/mol. The van der Waals surface area contributed by atoms with Crippen LogP contribution in [-0.4, -0.2) is 21.3 Å². The highest BCUT2D eigenvalue weighted by Gasteiger charge is 2.41. The van der Waals surface area contributed by atoms with Gasteiger partial charge in [0.25, 0.3) is 5.78 Å². The topological polar surface area (TPSA) is 34.4 Å². The molecule has 0 radical (unpaired) electrons. The predicted octanol–water partition coefficient (Wildman–Crippen LogP) is 2.51. The molecule has 0 aliphatic rings. The number of halogens is 3. The number of aromatic nitrogens is 2. The van der Waals surface area contributed by atoms with Crippen LogP contribution in [-0.2, 0) is 5.75 Å². The van der Waals surface area contributed by atoms with Crippen molar-refractivity contribution in [1.29, 1.82) is 0 Å². The Hall–Kier alpha value is -1.50. The highest BCUT2D eigenvalue weighted by atomic mass is 32.1. The van der Waals surface area contributed by atoms with E-state index < -0.39 is 17.7 Å². The fraction of sp³-hybridized carbons (Fsp3) is 0.200. The fourth-order valence-corrected chi connectivity index (χ4v) is 1.74. The van der Waals surface area contributed by atoms with Gasteiger partial charge in [-0.3, -0.25) is 4.79 Å². The molecule has 0 saturated heterocycles. The lowest BCUT2D eigenvalue weighted by atomic mass is 10.2. The zero-order chi connectivity index (χ0) is 12.6. The number of Topliss-reactive ketones (excluding diaryl/α,β-unsaturated/α-hetero) is 1. The van der Waals surface area contributed by atoms with Gasteiger partial charge < -0.3 is 4.40 Å². The first-order chi connectivity index (χ1) is 7.95. The summed E-state index contributed by atoms with van der Waals surface area (Å²) in [7, 11) is 0. The van der Waals surface area contributed by atoms with Gasteiger partial charge in [-0.15, -0.1) is 0 Å². The van der Waals surface area contributed by atoms with Gasteiger partial charge in [0, 0.05) is 11.9 Å². The van der Waals surface area contributed by atoms with Gasteiger partial charge in [0.15, 0.2) is 0 Å². The summed E-state index contributed by atoms with van der Waals surface area (Å²) in [5, 5.41) is 0. The van der Waals surface area contributed by atoms with E-state index in [9.17, 15) is 18.0 Å². The quantitative estimate of drug-likeness (QED) is 0.665. The summed E-state index contributed by atoms with van der Waals surface area (Å²) in [6.07, 6.45) is -3.38. The van der Waals surface area contributed by atoms with Crippen LogP contribution in [0.2, 0.25) is 0 Å². The lowest BCUT2D eigenvalue weighted by molar-refractivity contribution is -0.0887. The van der Waals surface area contributed by atoms with E-state index in [1.165, 1.54) is 10.5 Å². The highest BCUT2D eigenvalue weighted by molar-refractivity contribution is 7.79. The van der Waals surface area contributed by atoms with Crippen molar-refractivity contribution in [1.82, 2.24) is 9.38 Å². The van der Waals surface area contributed by atoms with Gasteiger partial charge in [-0.2, -0.15) is 25.8 Å². The van der Waals surface area contributed by atoms with Crippen LogP contribution < -0.4 is 0 Å². The van der Waals surface area contributed by atoms with Crippen LogP contribution in [0.15, 0.2) is 24.4 Å². The summed E-state index contributed by atoms with van der Waals surface area (Å²) in [5.74, 6) is -1.48. The Balaban J connectivity index is 2.67. The number of rotatable bonds is 2. The number of hydrogen-bond acceptors (Lipinski definition) is 3. The second-order valence-electron chi connectivity index (χ2n) is 3.32. The number of carbonyl (C=O) groups is 1. The summed E-state index contributed by atoms with van der Waals surface area (Å²) in [4.78, 5) is 14.9. The fourth-order valence-electron chi connectivity index (χ4n) is 1.51. The summed E-state index contributed by atoms with van der Waals surface area (Å²) in [6.45, 7) is 0. The second-order valence-corrected chi connectivity index (χ2v) is 3.63. The first kappa shape index (κ1) is 12.0. The molecule has 0 spiro atoms. The number of hydrogen-bond donors (Lipinski definition) is 1. The maximum Gasteiger partial charge on any atom is 0.456 e. The Morgan fingerprint density at radius 2 is 2.12 bits per heavy atom. The van der Waals surface area contributed by atoms with E-state index in [0.717, 1.165) is 0 Å². The molecule has 2 rings (SSSR count). The number of thiol groups is 1. The number of carbonyl (C=O) groups excluding carboxylic acids is 1. The molecule has 0 unspecified atom stereocenters.